The minimum Gasteiger partial charge on any atom is -0.485 e. The second kappa shape index (κ2) is 5.90. The van der Waals surface area contributed by atoms with Crippen molar-refractivity contribution < 1.29 is 4.74 Å². The van der Waals surface area contributed by atoms with Crippen molar-refractivity contribution in [1.82, 2.24) is 0 Å². The van der Waals surface area contributed by atoms with E-state index in [2.05, 4.69) is 18.7 Å². The Morgan fingerprint density at radius 3 is 2.12 bits per heavy atom. The van der Waals surface area contributed by atoms with Crippen molar-refractivity contribution >= 4 is 0 Å². The molecule has 0 bridgehead atoms. The summed E-state index contributed by atoms with van der Waals surface area (Å²) in [5, 5.41) is 0. The van der Waals surface area contributed by atoms with E-state index < -0.39 is 0 Å². The van der Waals surface area contributed by atoms with Crippen molar-refractivity contribution in [3.05, 3.63) is 78.9 Å². The molecule has 1 heteroatoms. The summed E-state index contributed by atoms with van der Waals surface area (Å²) in [5.74, 6) is 0.892. The molecule has 0 saturated heterocycles. The average molecular weight is 224 g/mol. The summed E-state index contributed by atoms with van der Waals surface area (Å²) in [6, 6.07) is 20.1. The van der Waals surface area contributed by atoms with Gasteiger partial charge in [-0.25, -0.2) is 0 Å². The Kier molecular flexibility index (Phi) is 3.98. The summed E-state index contributed by atoms with van der Waals surface area (Å²) < 4.78 is 5.97. The van der Waals surface area contributed by atoms with Crippen molar-refractivity contribution in [2.75, 3.05) is 0 Å². The van der Waals surface area contributed by atoms with Crippen molar-refractivity contribution in [2.45, 2.75) is 12.5 Å². The van der Waals surface area contributed by atoms with Gasteiger partial charge < -0.3 is 4.74 Å². The van der Waals surface area contributed by atoms with Crippen molar-refractivity contribution in [2.24, 2.45) is 0 Å². The van der Waals surface area contributed by atoms with Crippen LogP contribution < -0.4 is 4.74 Å². The van der Waals surface area contributed by atoms with Gasteiger partial charge >= 0.3 is 0 Å². The fraction of sp³-hybridized carbons (Fsp3) is 0.125. The molecule has 2 aromatic rings. The third-order valence-electron chi connectivity index (χ3n) is 2.57. The van der Waals surface area contributed by atoms with Gasteiger partial charge in [-0.1, -0.05) is 54.6 Å². The van der Waals surface area contributed by atoms with Crippen LogP contribution in [-0.2, 0) is 0 Å². The maximum absolute atomic E-state index is 5.97. The van der Waals surface area contributed by atoms with Gasteiger partial charge in [-0.05, 0) is 17.7 Å². The van der Waals surface area contributed by atoms with Gasteiger partial charge in [-0.15, -0.1) is 6.58 Å². The largest absolute Gasteiger partial charge is 0.485 e. The van der Waals surface area contributed by atoms with E-state index in [1.165, 1.54) is 5.56 Å². The van der Waals surface area contributed by atoms with E-state index in [0.717, 1.165) is 12.2 Å². The van der Waals surface area contributed by atoms with Crippen LogP contribution in [0.4, 0.5) is 0 Å². The van der Waals surface area contributed by atoms with Crippen LogP contribution in [0.3, 0.4) is 0 Å². The molecular weight excluding hydrogens is 208 g/mol. The van der Waals surface area contributed by atoms with Crippen LogP contribution in [0, 0.1) is 0 Å². The molecule has 0 aliphatic heterocycles. The molecule has 86 valence electrons. The van der Waals surface area contributed by atoms with Crippen LogP contribution in [0.15, 0.2) is 73.3 Å². The summed E-state index contributed by atoms with van der Waals surface area (Å²) in [6.45, 7) is 3.79. The number of rotatable bonds is 5. The molecule has 0 aromatic heterocycles. The van der Waals surface area contributed by atoms with Crippen LogP contribution in [0.2, 0.25) is 0 Å². The molecule has 0 saturated carbocycles. The van der Waals surface area contributed by atoms with Gasteiger partial charge in [0.15, 0.2) is 0 Å². The van der Waals surface area contributed by atoms with Crippen molar-refractivity contribution in [3.8, 4) is 5.75 Å². The first-order valence-electron chi connectivity index (χ1n) is 5.77. The van der Waals surface area contributed by atoms with Gasteiger partial charge in [-0.3, -0.25) is 0 Å². The monoisotopic (exact) mass is 224 g/mol. The zero-order chi connectivity index (χ0) is 11.9. The number of hydrogen-bond acceptors (Lipinski definition) is 1. The second-order valence-corrected chi connectivity index (χ2v) is 3.85. The molecule has 0 aliphatic rings. The zero-order valence-electron chi connectivity index (χ0n) is 9.75. The third-order valence-corrected chi connectivity index (χ3v) is 2.57. The Morgan fingerprint density at radius 2 is 1.53 bits per heavy atom. The Labute approximate surface area is 102 Å². The predicted octanol–water partition coefficient (Wildman–Crippen LogP) is 4.38. The van der Waals surface area contributed by atoms with Crippen molar-refractivity contribution in [3.63, 3.8) is 0 Å². The average Bonchev–Trinajstić information content (AvgIpc) is 2.40. The summed E-state index contributed by atoms with van der Waals surface area (Å²) in [5.41, 5.74) is 1.18. The number of benzene rings is 2. The third kappa shape index (κ3) is 3.22. The van der Waals surface area contributed by atoms with E-state index in [1.807, 2.05) is 54.6 Å². The van der Waals surface area contributed by atoms with E-state index in [4.69, 9.17) is 4.74 Å². The van der Waals surface area contributed by atoms with Crippen LogP contribution in [0.5, 0.6) is 5.75 Å². The zero-order valence-corrected chi connectivity index (χ0v) is 9.75. The van der Waals surface area contributed by atoms with Gasteiger partial charge in [0.25, 0.3) is 0 Å². The molecule has 17 heavy (non-hydrogen) atoms. The maximum Gasteiger partial charge on any atom is 0.127 e. The highest BCUT2D eigenvalue weighted by atomic mass is 16.5. The molecule has 0 N–H and O–H groups in total. The predicted molar refractivity (Wildman–Crippen MR) is 71.1 cm³/mol. The SMILES string of the molecule is C=CC[C@@H](Oc1ccccc1)c1ccccc1. The van der Waals surface area contributed by atoms with Crippen LogP contribution in [-0.4, -0.2) is 0 Å². The molecule has 0 fully saturated rings. The smallest absolute Gasteiger partial charge is 0.127 e. The quantitative estimate of drug-likeness (QED) is 0.685. The summed E-state index contributed by atoms with van der Waals surface area (Å²) in [7, 11) is 0. The minimum absolute atomic E-state index is 0.0381. The van der Waals surface area contributed by atoms with Crippen LogP contribution >= 0.6 is 0 Å². The molecule has 1 atom stereocenters. The highest BCUT2D eigenvalue weighted by molar-refractivity contribution is 5.24. The molecule has 0 spiro atoms. The normalized spacial score (nSPS) is 11.8. The van der Waals surface area contributed by atoms with E-state index in [9.17, 15) is 0 Å². The lowest BCUT2D eigenvalue weighted by Crippen LogP contribution is -2.06. The molecule has 0 heterocycles. The number of para-hydroxylation sites is 1. The van der Waals surface area contributed by atoms with Gasteiger partial charge in [-0.2, -0.15) is 0 Å². The van der Waals surface area contributed by atoms with Crippen LogP contribution in [0.1, 0.15) is 18.1 Å². The Balaban J connectivity index is 2.16. The molecule has 2 rings (SSSR count). The first kappa shape index (κ1) is 11.5. The summed E-state index contributed by atoms with van der Waals surface area (Å²) in [4.78, 5) is 0. The lowest BCUT2D eigenvalue weighted by molar-refractivity contribution is 0.209. The van der Waals surface area contributed by atoms with Gasteiger partial charge in [0, 0.05) is 6.42 Å². The first-order valence-corrected chi connectivity index (χ1v) is 5.77. The van der Waals surface area contributed by atoms with E-state index in [-0.39, 0.29) is 6.10 Å². The summed E-state index contributed by atoms with van der Waals surface area (Å²) in [6.07, 6.45) is 2.73. The standard InChI is InChI=1S/C16H16O/c1-2-9-16(14-10-5-3-6-11-14)17-15-12-7-4-8-13-15/h2-8,10-13,16H,1,9H2/t16-/m1/s1. The minimum atomic E-state index is 0.0381. The first-order chi connectivity index (χ1) is 8.40. The second-order valence-electron chi connectivity index (χ2n) is 3.85. The van der Waals surface area contributed by atoms with Gasteiger partial charge in [0.1, 0.15) is 11.9 Å². The molecule has 2 aromatic carbocycles. The Morgan fingerprint density at radius 1 is 0.941 bits per heavy atom. The number of ether oxygens (including phenoxy) is 1. The lowest BCUT2D eigenvalue weighted by atomic mass is 10.1. The molecule has 0 aliphatic carbocycles. The van der Waals surface area contributed by atoms with Crippen LogP contribution in [0.25, 0.3) is 0 Å². The van der Waals surface area contributed by atoms with E-state index in [1.54, 1.807) is 0 Å². The van der Waals surface area contributed by atoms with E-state index in [0.29, 0.717) is 0 Å². The van der Waals surface area contributed by atoms with E-state index >= 15 is 0 Å². The Bertz CT molecular complexity index is 447. The molecule has 1 nitrogen and oxygen atoms in total. The molecule has 0 radical (unpaired) electrons. The van der Waals surface area contributed by atoms with Gasteiger partial charge in [0.2, 0.25) is 0 Å². The Hall–Kier alpha value is -2.02. The maximum atomic E-state index is 5.97. The van der Waals surface area contributed by atoms with Crippen molar-refractivity contribution in [1.29, 1.82) is 0 Å². The lowest BCUT2D eigenvalue weighted by Gasteiger charge is -2.18. The fourth-order valence-electron chi connectivity index (χ4n) is 1.73. The highest BCUT2D eigenvalue weighted by Crippen LogP contribution is 2.24. The number of hydrogen-bond donors (Lipinski definition) is 0. The topological polar surface area (TPSA) is 9.23 Å². The summed E-state index contributed by atoms with van der Waals surface area (Å²) >= 11 is 0. The molecular formula is C16H16O. The highest BCUT2D eigenvalue weighted by Gasteiger charge is 2.10. The molecule has 0 amide bonds. The fourth-order valence-corrected chi connectivity index (χ4v) is 1.73. The molecule has 0 unspecified atom stereocenters. The van der Waals surface area contributed by atoms with Gasteiger partial charge in [0.05, 0.1) is 0 Å².